The monoisotopic (exact) mass is 213 g/mol. The number of hydrogen-bond acceptors (Lipinski definition) is 5. The van der Waals surface area contributed by atoms with Gasteiger partial charge >= 0.3 is 10.3 Å². The largest absolute Gasteiger partial charge is 0.493 e. The molecule has 0 aliphatic rings. The van der Waals surface area contributed by atoms with Gasteiger partial charge in [0.15, 0.2) is 3.95 Å². The second kappa shape index (κ2) is 2.55. The van der Waals surface area contributed by atoms with E-state index < -0.39 is 16.2 Å². The number of aromatic hydroxyl groups is 1. The van der Waals surface area contributed by atoms with Gasteiger partial charge in [0.1, 0.15) is 0 Å². The quantitative estimate of drug-likeness (QED) is 0.528. The van der Waals surface area contributed by atoms with E-state index in [4.69, 9.17) is 9.66 Å². The SMILES string of the molecule is O=S(=O)(O)n1c(O)csc1=S. The summed E-state index contributed by atoms with van der Waals surface area (Å²) in [6.45, 7) is 0. The van der Waals surface area contributed by atoms with Crippen LogP contribution in [0.3, 0.4) is 0 Å². The number of nitrogens with zero attached hydrogens (tertiary/aromatic N) is 1. The van der Waals surface area contributed by atoms with E-state index >= 15 is 0 Å². The molecule has 0 amide bonds. The van der Waals surface area contributed by atoms with Crippen LogP contribution in [0.2, 0.25) is 0 Å². The van der Waals surface area contributed by atoms with Crippen LogP contribution in [0, 0.1) is 3.95 Å². The highest BCUT2D eigenvalue weighted by Crippen LogP contribution is 2.18. The van der Waals surface area contributed by atoms with Crippen LogP contribution in [0.25, 0.3) is 0 Å². The molecule has 0 spiro atoms. The Bertz CT molecular complexity index is 412. The first-order valence-electron chi connectivity index (χ1n) is 2.30. The molecule has 11 heavy (non-hydrogen) atoms. The van der Waals surface area contributed by atoms with Gasteiger partial charge < -0.3 is 5.11 Å². The van der Waals surface area contributed by atoms with Crippen molar-refractivity contribution in [3.8, 4) is 5.88 Å². The summed E-state index contributed by atoms with van der Waals surface area (Å²) >= 11 is 5.35. The summed E-state index contributed by atoms with van der Waals surface area (Å²) in [5, 5.41) is 9.96. The van der Waals surface area contributed by atoms with Crippen molar-refractivity contribution in [1.82, 2.24) is 3.97 Å². The molecule has 0 saturated carbocycles. The Kier molecular flexibility index (Phi) is 2.01. The van der Waals surface area contributed by atoms with Crippen LogP contribution in [-0.4, -0.2) is 22.0 Å². The molecular formula is C3H3NO4S3. The molecule has 0 aliphatic heterocycles. The van der Waals surface area contributed by atoms with Crippen molar-refractivity contribution < 1.29 is 18.1 Å². The first-order valence-corrected chi connectivity index (χ1v) is 4.99. The maximum Gasteiger partial charge on any atom is 0.368 e. The summed E-state index contributed by atoms with van der Waals surface area (Å²) in [6.07, 6.45) is 0. The maximum absolute atomic E-state index is 10.4. The van der Waals surface area contributed by atoms with E-state index in [1.54, 1.807) is 0 Å². The van der Waals surface area contributed by atoms with Crippen LogP contribution in [0.5, 0.6) is 5.88 Å². The Morgan fingerprint density at radius 2 is 2.18 bits per heavy atom. The van der Waals surface area contributed by atoms with E-state index in [0.717, 1.165) is 16.7 Å². The third-order valence-electron chi connectivity index (χ3n) is 0.870. The lowest BCUT2D eigenvalue weighted by Gasteiger charge is -1.96. The summed E-state index contributed by atoms with van der Waals surface area (Å²) < 4.78 is 29.5. The fourth-order valence-electron chi connectivity index (χ4n) is 0.505. The smallest absolute Gasteiger partial charge is 0.368 e. The van der Waals surface area contributed by atoms with Crippen LogP contribution in [-0.2, 0) is 10.3 Å². The Balaban J connectivity index is 3.59. The van der Waals surface area contributed by atoms with Crippen molar-refractivity contribution in [3.05, 3.63) is 9.33 Å². The van der Waals surface area contributed by atoms with Gasteiger partial charge in [-0.3, -0.25) is 4.55 Å². The fraction of sp³-hybridized carbons (Fsp3) is 0. The van der Waals surface area contributed by atoms with Gasteiger partial charge in [0.05, 0.1) is 5.38 Å². The number of rotatable bonds is 1. The van der Waals surface area contributed by atoms with E-state index in [9.17, 15) is 8.42 Å². The van der Waals surface area contributed by atoms with Crippen LogP contribution in [0.1, 0.15) is 0 Å². The zero-order valence-electron chi connectivity index (χ0n) is 4.96. The molecular weight excluding hydrogens is 210 g/mol. The highest BCUT2D eigenvalue weighted by Gasteiger charge is 2.13. The second-order valence-corrected chi connectivity index (χ2v) is 4.37. The molecule has 8 heteroatoms. The van der Waals surface area contributed by atoms with Crippen molar-refractivity contribution in [1.29, 1.82) is 0 Å². The van der Waals surface area contributed by atoms with Crippen molar-refractivity contribution in [2.45, 2.75) is 0 Å². The standard InChI is InChI=1S/C3H3NO4S3/c5-2-1-10-3(9)4(2)11(6,7)8/h1,5H,(H,6,7,8). The van der Waals surface area contributed by atoms with Gasteiger partial charge in [0.25, 0.3) is 0 Å². The first kappa shape index (κ1) is 8.65. The van der Waals surface area contributed by atoms with E-state index in [1.165, 1.54) is 0 Å². The maximum atomic E-state index is 10.4. The summed E-state index contributed by atoms with van der Waals surface area (Å²) in [5.74, 6) is -0.581. The Hall–Kier alpha value is -0.440. The molecule has 0 unspecified atom stereocenters. The van der Waals surface area contributed by atoms with Crippen molar-refractivity contribution >= 4 is 33.9 Å². The summed E-state index contributed by atoms with van der Waals surface area (Å²) in [4.78, 5) is 0. The molecule has 0 atom stereocenters. The molecule has 5 nitrogen and oxygen atoms in total. The van der Waals surface area contributed by atoms with E-state index in [0.29, 0.717) is 0 Å². The van der Waals surface area contributed by atoms with Gasteiger partial charge in [-0.15, -0.1) is 11.3 Å². The molecule has 0 aliphatic carbocycles. The lowest BCUT2D eigenvalue weighted by Crippen LogP contribution is -2.09. The zero-order chi connectivity index (χ0) is 8.65. The molecule has 62 valence electrons. The summed E-state index contributed by atoms with van der Waals surface area (Å²) in [6, 6.07) is 0. The molecule has 1 rings (SSSR count). The van der Waals surface area contributed by atoms with Crippen LogP contribution >= 0.6 is 23.6 Å². The highest BCUT2D eigenvalue weighted by atomic mass is 32.2. The number of aromatic nitrogens is 1. The van der Waals surface area contributed by atoms with E-state index in [-0.39, 0.29) is 7.93 Å². The van der Waals surface area contributed by atoms with Gasteiger partial charge in [0.2, 0.25) is 5.88 Å². The number of thiazole rings is 1. The number of hydrogen-bond donors (Lipinski definition) is 2. The van der Waals surface area contributed by atoms with E-state index in [2.05, 4.69) is 12.2 Å². The first-order chi connectivity index (χ1) is 4.93. The van der Waals surface area contributed by atoms with Gasteiger partial charge in [-0.2, -0.15) is 12.4 Å². The topological polar surface area (TPSA) is 79.5 Å². The third kappa shape index (κ3) is 1.59. The Morgan fingerprint density at radius 1 is 1.64 bits per heavy atom. The fourth-order valence-corrected chi connectivity index (χ4v) is 2.48. The molecule has 1 aromatic heterocycles. The predicted octanol–water partition coefficient (Wildman–Crippen LogP) is 0.636. The van der Waals surface area contributed by atoms with Crippen molar-refractivity contribution in [2.24, 2.45) is 0 Å². The van der Waals surface area contributed by atoms with Gasteiger partial charge in [-0.1, -0.05) is 0 Å². The van der Waals surface area contributed by atoms with E-state index in [1.807, 2.05) is 0 Å². The average molecular weight is 213 g/mol. The molecule has 1 heterocycles. The lowest BCUT2D eigenvalue weighted by molar-refractivity contribution is 0.424. The molecule has 0 aromatic carbocycles. The van der Waals surface area contributed by atoms with Crippen molar-refractivity contribution in [2.75, 3.05) is 0 Å². The highest BCUT2D eigenvalue weighted by molar-refractivity contribution is 7.85. The Morgan fingerprint density at radius 3 is 2.36 bits per heavy atom. The minimum Gasteiger partial charge on any atom is -0.493 e. The molecule has 1 aromatic rings. The minimum absolute atomic E-state index is 0.120. The average Bonchev–Trinajstić information content (AvgIpc) is 2.08. The normalized spacial score (nSPS) is 11.7. The van der Waals surface area contributed by atoms with Gasteiger partial charge in [-0.25, -0.2) is 0 Å². The molecule has 0 bridgehead atoms. The van der Waals surface area contributed by atoms with Crippen LogP contribution in [0.4, 0.5) is 0 Å². The van der Waals surface area contributed by atoms with Crippen LogP contribution in [0.15, 0.2) is 5.38 Å². The Labute approximate surface area is 71.4 Å². The zero-order valence-corrected chi connectivity index (χ0v) is 7.41. The molecule has 2 N–H and O–H groups in total. The predicted molar refractivity (Wildman–Crippen MR) is 41.8 cm³/mol. The molecule has 0 saturated heterocycles. The lowest BCUT2D eigenvalue weighted by atomic mass is 10.9. The van der Waals surface area contributed by atoms with Gasteiger partial charge in [0, 0.05) is 0 Å². The summed E-state index contributed by atoms with van der Waals surface area (Å²) in [5.41, 5.74) is 0. The molecule has 0 fully saturated rings. The summed E-state index contributed by atoms with van der Waals surface area (Å²) in [7, 11) is -4.45. The van der Waals surface area contributed by atoms with Gasteiger partial charge in [-0.05, 0) is 12.2 Å². The van der Waals surface area contributed by atoms with Crippen LogP contribution < -0.4 is 0 Å². The van der Waals surface area contributed by atoms with Crippen molar-refractivity contribution in [3.63, 3.8) is 0 Å². The molecule has 0 radical (unpaired) electrons. The minimum atomic E-state index is -4.45. The second-order valence-electron chi connectivity index (χ2n) is 1.60. The third-order valence-corrected chi connectivity index (χ3v) is 3.12.